The van der Waals surface area contributed by atoms with Crippen LogP contribution >= 0.6 is 0 Å². The summed E-state index contributed by atoms with van der Waals surface area (Å²) in [5.41, 5.74) is 8.02. The van der Waals surface area contributed by atoms with E-state index in [4.69, 9.17) is 10.7 Å². The number of piperazine rings is 1. The van der Waals surface area contributed by atoms with Crippen molar-refractivity contribution in [3.63, 3.8) is 0 Å². The zero-order chi connectivity index (χ0) is 27.4. The molecule has 1 amide bonds. The lowest BCUT2D eigenvalue weighted by Gasteiger charge is -2.35. The quantitative estimate of drug-likeness (QED) is 0.313. The monoisotopic (exact) mass is 546 g/mol. The van der Waals surface area contributed by atoms with Gasteiger partial charge in [-0.05, 0) is 57.4 Å². The number of aliphatic hydroxyl groups is 1. The van der Waals surface area contributed by atoms with Gasteiger partial charge in [0, 0.05) is 37.9 Å². The Bertz CT molecular complexity index is 1260. The number of aliphatic hydroxyl groups excluding tert-OH is 1. The second kappa shape index (κ2) is 11.7. The molecular formula is C25H38N8O4S. The Balaban J connectivity index is 1.66. The molecule has 2 fully saturated rings. The number of aromatic nitrogens is 2. The summed E-state index contributed by atoms with van der Waals surface area (Å²) in [6.45, 7) is 5.21. The van der Waals surface area contributed by atoms with Gasteiger partial charge in [0.25, 0.3) is 5.91 Å². The maximum absolute atomic E-state index is 12.3. The smallest absolute Gasteiger partial charge is 0.271 e. The largest absolute Gasteiger partial charge is 0.393 e. The molecule has 1 aromatic heterocycles. The lowest BCUT2D eigenvalue weighted by molar-refractivity contribution is 0.0995. The number of aryl methyl sites for hydroxylation is 1. The zero-order valence-corrected chi connectivity index (χ0v) is 23.0. The zero-order valence-electron chi connectivity index (χ0n) is 22.2. The molecule has 1 saturated heterocycles. The van der Waals surface area contributed by atoms with Crippen LogP contribution in [0.4, 0.5) is 28.7 Å². The van der Waals surface area contributed by atoms with Crippen LogP contribution in [0, 0.1) is 0 Å². The van der Waals surface area contributed by atoms with Crippen LogP contribution in [0.5, 0.6) is 0 Å². The van der Waals surface area contributed by atoms with Crippen molar-refractivity contribution in [2.45, 2.75) is 51.2 Å². The van der Waals surface area contributed by atoms with Gasteiger partial charge in [0.05, 0.1) is 29.4 Å². The van der Waals surface area contributed by atoms with Crippen molar-refractivity contribution in [3.05, 3.63) is 29.6 Å². The van der Waals surface area contributed by atoms with Crippen LogP contribution in [0.15, 0.2) is 18.2 Å². The van der Waals surface area contributed by atoms with Gasteiger partial charge in [0.15, 0.2) is 11.5 Å². The highest BCUT2D eigenvalue weighted by Crippen LogP contribution is 2.33. The van der Waals surface area contributed by atoms with E-state index in [2.05, 4.69) is 37.2 Å². The number of hydrogen-bond acceptors (Lipinski definition) is 10. The summed E-state index contributed by atoms with van der Waals surface area (Å²) in [5, 5.41) is 16.4. The number of benzene rings is 1. The van der Waals surface area contributed by atoms with Crippen LogP contribution in [0.25, 0.3) is 0 Å². The van der Waals surface area contributed by atoms with Crippen molar-refractivity contribution in [2.75, 3.05) is 59.7 Å². The maximum Gasteiger partial charge on any atom is 0.271 e. The van der Waals surface area contributed by atoms with Gasteiger partial charge in [-0.2, -0.15) is 0 Å². The summed E-state index contributed by atoms with van der Waals surface area (Å²) in [6.07, 6.45) is 4.43. The van der Waals surface area contributed by atoms with E-state index < -0.39 is 15.9 Å². The molecule has 12 nitrogen and oxygen atoms in total. The third-order valence-electron chi connectivity index (χ3n) is 6.97. The molecule has 2 aromatic rings. The van der Waals surface area contributed by atoms with Gasteiger partial charge >= 0.3 is 0 Å². The SMILES string of the molecule is CCc1nc(C(N)=O)c(Nc2ccc(N3CCN(C)CC3)c(NS(C)(=O)=O)c2)nc1NC1CCC(O)CC1. The molecule has 38 heavy (non-hydrogen) atoms. The van der Waals surface area contributed by atoms with Gasteiger partial charge in [-0.3, -0.25) is 9.52 Å². The lowest BCUT2D eigenvalue weighted by atomic mass is 9.93. The fourth-order valence-electron chi connectivity index (χ4n) is 4.86. The molecule has 1 aromatic carbocycles. The summed E-state index contributed by atoms with van der Waals surface area (Å²) in [7, 11) is -1.48. The highest BCUT2D eigenvalue weighted by molar-refractivity contribution is 7.92. The van der Waals surface area contributed by atoms with Gasteiger partial charge in [0.2, 0.25) is 10.0 Å². The van der Waals surface area contributed by atoms with Crippen LogP contribution in [0.2, 0.25) is 0 Å². The first-order chi connectivity index (χ1) is 18.0. The van der Waals surface area contributed by atoms with Gasteiger partial charge < -0.3 is 31.3 Å². The molecule has 1 saturated carbocycles. The first kappa shape index (κ1) is 27.9. The van der Waals surface area contributed by atoms with E-state index in [0.717, 1.165) is 51.0 Å². The third kappa shape index (κ3) is 7.03. The Morgan fingerprint density at radius 3 is 2.39 bits per heavy atom. The van der Waals surface area contributed by atoms with E-state index >= 15 is 0 Å². The number of nitrogens with one attached hydrogen (secondary N) is 3. The Kier molecular flexibility index (Phi) is 8.58. The number of likely N-dealkylation sites (N-methyl/N-ethyl adjacent to an activating group) is 1. The molecule has 0 unspecified atom stereocenters. The number of hydrogen-bond donors (Lipinski definition) is 5. The second-order valence-electron chi connectivity index (χ2n) is 10.1. The van der Waals surface area contributed by atoms with Crippen LogP contribution in [-0.4, -0.2) is 85.9 Å². The fraction of sp³-hybridized carbons (Fsp3) is 0.560. The molecular weight excluding hydrogens is 508 g/mol. The molecule has 0 spiro atoms. The number of rotatable bonds is 9. The number of anilines is 5. The predicted molar refractivity (Wildman–Crippen MR) is 150 cm³/mol. The fourth-order valence-corrected chi connectivity index (χ4v) is 5.42. The number of nitrogens with two attached hydrogens (primary N) is 1. The molecule has 13 heteroatoms. The molecule has 0 bridgehead atoms. The topological polar surface area (TPSA) is 166 Å². The number of carbonyl (C=O) groups is 1. The minimum Gasteiger partial charge on any atom is -0.393 e. The van der Waals surface area contributed by atoms with Crippen LogP contribution in [0.3, 0.4) is 0 Å². The Morgan fingerprint density at radius 1 is 1.11 bits per heavy atom. The van der Waals surface area contributed by atoms with E-state index in [1.807, 2.05) is 19.1 Å². The van der Waals surface area contributed by atoms with Crippen LogP contribution in [-0.2, 0) is 16.4 Å². The standard InChI is InChI=1S/C25H38N8O4S/c1-4-19-24(27-16-5-8-18(34)9-6-16)30-25(22(29-19)23(26)35)28-17-7-10-21(20(15-17)31-38(3,36)37)33-13-11-32(2)12-14-33/h7,10,15-16,18,31,34H,4-6,8-9,11-14H2,1-3H3,(H2,26,35)(H2,27,28,30). The summed E-state index contributed by atoms with van der Waals surface area (Å²) >= 11 is 0. The van der Waals surface area contributed by atoms with E-state index in [1.54, 1.807) is 6.07 Å². The summed E-state index contributed by atoms with van der Waals surface area (Å²) in [4.78, 5) is 25.9. The summed E-state index contributed by atoms with van der Waals surface area (Å²) < 4.78 is 26.9. The highest BCUT2D eigenvalue weighted by atomic mass is 32.2. The van der Waals surface area contributed by atoms with E-state index in [9.17, 15) is 18.3 Å². The van der Waals surface area contributed by atoms with Crippen molar-refractivity contribution >= 4 is 44.6 Å². The highest BCUT2D eigenvalue weighted by Gasteiger charge is 2.24. The van der Waals surface area contributed by atoms with Crippen molar-refractivity contribution < 1.29 is 18.3 Å². The first-order valence-electron chi connectivity index (χ1n) is 13.0. The Hall–Kier alpha value is -3.16. The molecule has 1 aliphatic heterocycles. The predicted octanol–water partition coefficient (Wildman–Crippen LogP) is 1.72. The molecule has 208 valence electrons. The van der Waals surface area contributed by atoms with Crippen molar-refractivity contribution in [3.8, 4) is 0 Å². The van der Waals surface area contributed by atoms with Gasteiger partial charge in [-0.25, -0.2) is 18.4 Å². The van der Waals surface area contributed by atoms with Gasteiger partial charge in [0.1, 0.15) is 5.82 Å². The number of sulfonamides is 1. The van der Waals surface area contributed by atoms with Crippen molar-refractivity contribution in [2.24, 2.45) is 5.73 Å². The molecule has 2 aliphatic rings. The molecule has 0 radical (unpaired) electrons. The third-order valence-corrected chi connectivity index (χ3v) is 7.56. The van der Waals surface area contributed by atoms with Gasteiger partial charge in [-0.1, -0.05) is 6.92 Å². The van der Waals surface area contributed by atoms with Crippen molar-refractivity contribution in [1.82, 2.24) is 14.9 Å². The van der Waals surface area contributed by atoms with Crippen LogP contribution in [0.1, 0.15) is 48.8 Å². The lowest BCUT2D eigenvalue weighted by Crippen LogP contribution is -2.44. The number of nitrogens with zero attached hydrogens (tertiary/aromatic N) is 4. The summed E-state index contributed by atoms with van der Waals surface area (Å²) in [6, 6.07) is 5.49. The second-order valence-corrected chi connectivity index (χ2v) is 11.9. The first-order valence-corrected chi connectivity index (χ1v) is 14.9. The molecule has 2 heterocycles. The Labute approximate surface area is 224 Å². The molecule has 4 rings (SSSR count). The number of amides is 1. The summed E-state index contributed by atoms with van der Waals surface area (Å²) in [5.74, 6) is 0.0289. The van der Waals surface area contributed by atoms with Crippen LogP contribution < -0.4 is 26.0 Å². The molecule has 6 N–H and O–H groups in total. The van der Waals surface area contributed by atoms with Crippen molar-refractivity contribution in [1.29, 1.82) is 0 Å². The van der Waals surface area contributed by atoms with E-state index in [1.165, 1.54) is 0 Å². The molecule has 0 atom stereocenters. The molecule has 1 aliphatic carbocycles. The maximum atomic E-state index is 12.3. The van der Waals surface area contributed by atoms with Gasteiger partial charge in [-0.15, -0.1) is 0 Å². The average molecular weight is 547 g/mol. The van der Waals surface area contributed by atoms with E-state index in [-0.39, 0.29) is 23.7 Å². The Morgan fingerprint density at radius 2 is 1.79 bits per heavy atom. The number of carbonyl (C=O) groups excluding carboxylic acids is 1. The number of primary amides is 1. The normalized spacial score (nSPS) is 20.7. The minimum absolute atomic E-state index is 0.00670. The van der Waals surface area contributed by atoms with E-state index in [0.29, 0.717) is 42.1 Å². The minimum atomic E-state index is -3.54. The average Bonchev–Trinajstić information content (AvgIpc) is 2.85.